The van der Waals surface area contributed by atoms with Gasteiger partial charge in [-0.05, 0) is 50.6 Å². The number of carbonyl (C=O) groups excluding carboxylic acids is 1. The van der Waals surface area contributed by atoms with E-state index in [1.807, 2.05) is 49.6 Å². The van der Waals surface area contributed by atoms with Crippen molar-refractivity contribution < 1.29 is 19.0 Å². The Labute approximate surface area is 192 Å². The van der Waals surface area contributed by atoms with Gasteiger partial charge in [0.2, 0.25) is 5.91 Å². The summed E-state index contributed by atoms with van der Waals surface area (Å²) >= 11 is 1.32. The molecule has 0 fully saturated rings. The molecule has 2 aromatic carbocycles. The highest BCUT2D eigenvalue weighted by molar-refractivity contribution is 7.99. The SMILES string of the molecule is CCn1c(SCC(=O)Nc2ccc(OC)cc2OC)nnc1C(C)Oc1cccc(C)c1. The van der Waals surface area contributed by atoms with E-state index in [1.54, 1.807) is 32.4 Å². The van der Waals surface area contributed by atoms with E-state index in [0.29, 0.717) is 34.7 Å². The summed E-state index contributed by atoms with van der Waals surface area (Å²) in [6, 6.07) is 13.1. The molecule has 1 amide bonds. The van der Waals surface area contributed by atoms with Gasteiger partial charge >= 0.3 is 0 Å². The Hall–Kier alpha value is -3.20. The van der Waals surface area contributed by atoms with E-state index >= 15 is 0 Å². The molecule has 0 bridgehead atoms. The van der Waals surface area contributed by atoms with Gasteiger partial charge in [0.05, 0.1) is 25.7 Å². The van der Waals surface area contributed by atoms with Crippen LogP contribution >= 0.6 is 11.8 Å². The molecular weight excluding hydrogens is 428 g/mol. The number of aromatic nitrogens is 3. The summed E-state index contributed by atoms with van der Waals surface area (Å²) in [4.78, 5) is 12.5. The van der Waals surface area contributed by atoms with Crippen molar-refractivity contribution in [3.05, 3.63) is 53.9 Å². The molecule has 3 aromatic rings. The van der Waals surface area contributed by atoms with Crippen molar-refractivity contribution >= 4 is 23.4 Å². The molecule has 1 N–H and O–H groups in total. The van der Waals surface area contributed by atoms with E-state index in [-0.39, 0.29) is 17.8 Å². The molecule has 0 saturated heterocycles. The smallest absolute Gasteiger partial charge is 0.234 e. The van der Waals surface area contributed by atoms with Gasteiger partial charge in [-0.3, -0.25) is 4.79 Å². The molecule has 1 atom stereocenters. The summed E-state index contributed by atoms with van der Waals surface area (Å²) < 4.78 is 18.5. The van der Waals surface area contributed by atoms with E-state index in [4.69, 9.17) is 14.2 Å². The number of anilines is 1. The molecule has 0 saturated carbocycles. The number of amides is 1. The molecule has 0 aliphatic heterocycles. The topological polar surface area (TPSA) is 87.5 Å². The van der Waals surface area contributed by atoms with Crippen LogP contribution in [0.3, 0.4) is 0 Å². The maximum absolute atomic E-state index is 12.5. The van der Waals surface area contributed by atoms with Crippen molar-refractivity contribution in [2.24, 2.45) is 0 Å². The van der Waals surface area contributed by atoms with E-state index < -0.39 is 0 Å². The number of carbonyl (C=O) groups is 1. The third-order valence-corrected chi connectivity index (χ3v) is 5.71. The van der Waals surface area contributed by atoms with Crippen LogP contribution in [-0.4, -0.2) is 40.6 Å². The maximum atomic E-state index is 12.5. The van der Waals surface area contributed by atoms with Crippen molar-refractivity contribution in [2.75, 3.05) is 25.3 Å². The Bertz CT molecular complexity index is 1070. The zero-order chi connectivity index (χ0) is 23.1. The summed E-state index contributed by atoms with van der Waals surface area (Å²) in [5.74, 6) is 2.69. The van der Waals surface area contributed by atoms with Gasteiger partial charge in [-0.25, -0.2) is 0 Å². The van der Waals surface area contributed by atoms with Crippen molar-refractivity contribution in [1.29, 1.82) is 0 Å². The van der Waals surface area contributed by atoms with Gasteiger partial charge in [-0.2, -0.15) is 0 Å². The number of nitrogens with zero attached hydrogens (tertiary/aromatic N) is 3. The second-order valence-corrected chi connectivity index (χ2v) is 8.01. The van der Waals surface area contributed by atoms with Crippen molar-refractivity contribution in [3.8, 4) is 17.2 Å². The number of methoxy groups -OCH3 is 2. The molecule has 170 valence electrons. The van der Waals surface area contributed by atoms with Crippen LogP contribution in [0, 0.1) is 6.92 Å². The molecule has 0 radical (unpaired) electrons. The predicted octanol–water partition coefficient (Wildman–Crippen LogP) is 4.49. The zero-order valence-electron chi connectivity index (χ0n) is 18.9. The van der Waals surface area contributed by atoms with Crippen molar-refractivity contribution in [1.82, 2.24) is 14.8 Å². The zero-order valence-corrected chi connectivity index (χ0v) is 19.7. The number of nitrogens with one attached hydrogen (secondary N) is 1. The average molecular weight is 457 g/mol. The van der Waals surface area contributed by atoms with E-state index in [0.717, 1.165) is 11.3 Å². The summed E-state index contributed by atoms with van der Waals surface area (Å²) in [5, 5.41) is 12.1. The van der Waals surface area contributed by atoms with Crippen LogP contribution in [0.5, 0.6) is 17.2 Å². The molecule has 32 heavy (non-hydrogen) atoms. The standard InChI is InChI=1S/C23H28N4O4S/c1-6-27-22(16(3)31-18-9-7-8-15(2)12-18)25-26-23(27)32-14-21(28)24-19-11-10-17(29-4)13-20(19)30-5/h7-13,16H,6,14H2,1-5H3,(H,24,28). The van der Waals surface area contributed by atoms with Gasteiger partial charge in [-0.1, -0.05) is 23.9 Å². The monoisotopic (exact) mass is 456 g/mol. The first kappa shape index (κ1) is 23.5. The Balaban J connectivity index is 1.64. The minimum atomic E-state index is -0.281. The lowest BCUT2D eigenvalue weighted by Gasteiger charge is -2.16. The van der Waals surface area contributed by atoms with E-state index in [1.165, 1.54) is 11.8 Å². The van der Waals surface area contributed by atoms with Crippen molar-refractivity contribution in [2.45, 2.75) is 38.6 Å². The normalized spacial score (nSPS) is 11.7. The minimum Gasteiger partial charge on any atom is -0.497 e. The number of rotatable bonds is 10. The molecular formula is C23H28N4O4S. The molecule has 8 nitrogen and oxygen atoms in total. The quantitative estimate of drug-likeness (QED) is 0.450. The van der Waals surface area contributed by atoms with Crippen LogP contribution < -0.4 is 19.5 Å². The summed E-state index contributed by atoms with van der Waals surface area (Å²) in [6.45, 7) is 6.64. The van der Waals surface area contributed by atoms with Gasteiger partial charge in [0.15, 0.2) is 17.1 Å². The number of hydrogen-bond acceptors (Lipinski definition) is 7. The lowest BCUT2D eigenvalue weighted by Crippen LogP contribution is -2.16. The fraction of sp³-hybridized carbons (Fsp3) is 0.348. The number of aryl methyl sites for hydroxylation is 1. The van der Waals surface area contributed by atoms with Crippen LogP contribution in [0.2, 0.25) is 0 Å². The maximum Gasteiger partial charge on any atom is 0.234 e. The summed E-state index contributed by atoms with van der Waals surface area (Å²) in [6.07, 6.45) is -0.281. The molecule has 1 heterocycles. The largest absolute Gasteiger partial charge is 0.497 e. The molecule has 0 aliphatic carbocycles. The molecule has 1 aromatic heterocycles. The molecule has 9 heteroatoms. The average Bonchev–Trinajstić information content (AvgIpc) is 3.21. The highest BCUT2D eigenvalue weighted by Crippen LogP contribution is 2.30. The highest BCUT2D eigenvalue weighted by Gasteiger charge is 2.20. The van der Waals surface area contributed by atoms with Crippen LogP contribution in [0.1, 0.15) is 31.3 Å². The Kier molecular flexibility index (Phi) is 7.99. The number of thioether (sulfide) groups is 1. The first-order valence-corrected chi connectivity index (χ1v) is 11.2. The van der Waals surface area contributed by atoms with E-state index in [2.05, 4.69) is 15.5 Å². The van der Waals surface area contributed by atoms with Crippen LogP contribution in [0.4, 0.5) is 5.69 Å². The fourth-order valence-electron chi connectivity index (χ4n) is 3.17. The van der Waals surface area contributed by atoms with Crippen molar-refractivity contribution in [3.63, 3.8) is 0 Å². The highest BCUT2D eigenvalue weighted by atomic mass is 32.2. The Morgan fingerprint density at radius 2 is 1.94 bits per heavy atom. The number of ether oxygens (including phenoxy) is 3. The summed E-state index contributed by atoms with van der Waals surface area (Å²) in [7, 11) is 3.12. The van der Waals surface area contributed by atoms with E-state index in [9.17, 15) is 4.79 Å². The van der Waals surface area contributed by atoms with Gasteiger partial charge in [-0.15, -0.1) is 10.2 Å². The molecule has 0 aliphatic rings. The van der Waals surface area contributed by atoms with Gasteiger partial charge in [0.25, 0.3) is 0 Å². The Morgan fingerprint density at radius 3 is 2.62 bits per heavy atom. The van der Waals surface area contributed by atoms with Crippen LogP contribution in [0.25, 0.3) is 0 Å². The molecule has 0 spiro atoms. The van der Waals surface area contributed by atoms with Gasteiger partial charge in [0, 0.05) is 12.6 Å². The lowest BCUT2D eigenvalue weighted by molar-refractivity contribution is -0.113. The van der Waals surface area contributed by atoms with Gasteiger partial charge in [0.1, 0.15) is 17.2 Å². The predicted molar refractivity (Wildman–Crippen MR) is 125 cm³/mol. The first-order chi connectivity index (χ1) is 15.4. The number of hydrogen-bond donors (Lipinski definition) is 1. The third-order valence-electron chi connectivity index (χ3n) is 4.74. The number of benzene rings is 2. The minimum absolute atomic E-state index is 0.172. The third kappa shape index (κ3) is 5.73. The van der Waals surface area contributed by atoms with Crippen LogP contribution in [0.15, 0.2) is 47.6 Å². The fourth-order valence-corrected chi connectivity index (χ4v) is 3.98. The lowest BCUT2D eigenvalue weighted by atomic mass is 10.2. The second-order valence-electron chi connectivity index (χ2n) is 7.06. The second kappa shape index (κ2) is 10.9. The molecule has 3 rings (SSSR count). The first-order valence-electron chi connectivity index (χ1n) is 10.3. The van der Waals surface area contributed by atoms with Crippen LogP contribution in [-0.2, 0) is 11.3 Å². The summed E-state index contributed by atoms with van der Waals surface area (Å²) in [5.41, 5.74) is 1.71. The Morgan fingerprint density at radius 1 is 1.12 bits per heavy atom. The molecule has 1 unspecified atom stereocenters. The van der Waals surface area contributed by atoms with Gasteiger partial charge < -0.3 is 24.1 Å².